The number of fused-ring (bicyclic) bond motifs is 1. The van der Waals surface area contributed by atoms with Crippen LogP contribution < -0.4 is 4.90 Å². The number of hydrogen-bond acceptors (Lipinski definition) is 5. The van der Waals surface area contributed by atoms with Gasteiger partial charge in [-0.1, -0.05) is 17.4 Å². The summed E-state index contributed by atoms with van der Waals surface area (Å²) >= 11 is 1.74. The Kier molecular flexibility index (Phi) is 4.36. The van der Waals surface area contributed by atoms with Crippen LogP contribution in [-0.2, 0) is 0 Å². The number of carbonyl (C=O) groups excluding carboxylic acids is 1. The van der Waals surface area contributed by atoms with Gasteiger partial charge in [0.1, 0.15) is 0 Å². The van der Waals surface area contributed by atoms with Gasteiger partial charge in [0.2, 0.25) is 0 Å². The largest absolute Gasteiger partial charge is 0.346 e. The zero-order chi connectivity index (χ0) is 17.2. The van der Waals surface area contributed by atoms with E-state index >= 15 is 0 Å². The van der Waals surface area contributed by atoms with Gasteiger partial charge in [-0.25, -0.2) is 4.98 Å². The van der Waals surface area contributed by atoms with Gasteiger partial charge in [0, 0.05) is 44.1 Å². The Balaban J connectivity index is 1.49. The normalized spacial score (nSPS) is 15.4. The van der Waals surface area contributed by atoms with Crippen LogP contribution in [0, 0.1) is 6.92 Å². The molecule has 1 aliphatic rings. The number of hydrogen-bond donors (Lipinski definition) is 0. The van der Waals surface area contributed by atoms with Crippen LogP contribution in [0.5, 0.6) is 0 Å². The molecule has 0 atom stereocenters. The lowest BCUT2D eigenvalue weighted by atomic mass is 10.2. The fourth-order valence-electron chi connectivity index (χ4n) is 3.14. The molecule has 5 nitrogen and oxygen atoms in total. The van der Waals surface area contributed by atoms with Crippen molar-refractivity contribution in [3.05, 3.63) is 53.9 Å². The van der Waals surface area contributed by atoms with Crippen LogP contribution >= 0.6 is 11.3 Å². The Morgan fingerprint density at radius 1 is 1.08 bits per heavy atom. The molecule has 1 amide bonds. The van der Waals surface area contributed by atoms with Gasteiger partial charge < -0.3 is 9.80 Å². The van der Waals surface area contributed by atoms with E-state index in [4.69, 9.17) is 4.98 Å². The van der Waals surface area contributed by atoms with E-state index in [2.05, 4.69) is 35.0 Å². The Morgan fingerprint density at radius 3 is 2.76 bits per heavy atom. The number of nitrogens with zero attached hydrogens (tertiary/aromatic N) is 4. The second kappa shape index (κ2) is 6.80. The summed E-state index contributed by atoms with van der Waals surface area (Å²) in [7, 11) is 0. The second-order valence-corrected chi connectivity index (χ2v) is 7.35. The van der Waals surface area contributed by atoms with Gasteiger partial charge in [0.05, 0.1) is 10.2 Å². The molecule has 0 unspecified atom stereocenters. The number of benzene rings is 1. The molecule has 4 rings (SSSR count). The molecule has 0 radical (unpaired) electrons. The van der Waals surface area contributed by atoms with Crippen LogP contribution in [0.25, 0.3) is 10.2 Å². The monoisotopic (exact) mass is 352 g/mol. The Hall–Kier alpha value is -2.47. The van der Waals surface area contributed by atoms with E-state index in [9.17, 15) is 4.79 Å². The Bertz CT molecular complexity index is 893. The number of rotatable bonds is 2. The summed E-state index contributed by atoms with van der Waals surface area (Å²) in [6.45, 7) is 5.35. The molecule has 1 saturated heterocycles. The maximum Gasteiger partial charge on any atom is 0.254 e. The minimum Gasteiger partial charge on any atom is -0.346 e. The van der Waals surface area contributed by atoms with Gasteiger partial charge in [-0.05, 0) is 43.2 Å². The SMILES string of the molecule is Cc1ccc2nc(N3CCCN(C(=O)c4ccncc4)CC3)sc2c1. The molecular weight excluding hydrogens is 332 g/mol. The van der Waals surface area contributed by atoms with E-state index in [0.717, 1.165) is 43.2 Å². The Morgan fingerprint density at radius 2 is 1.92 bits per heavy atom. The van der Waals surface area contributed by atoms with Crippen LogP contribution in [0.1, 0.15) is 22.3 Å². The maximum absolute atomic E-state index is 12.6. The molecule has 2 aromatic heterocycles. The first-order chi connectivity index (χ1) is 12.2. The maximum atomic E-state index is 12.6. The molecule has 3 heterocycles. The van der Waals surface area contributed by atoms with Crippen molar-refractivity contribution in [3.63, 3.8) is 0 Å². The van der Waals surface area contributed by atoms with Crippen molar-refractivity contribution >= 4 is 32.6 Å². The number of carbonyl (C=O) groups is 1. The van der Waals surface area contributed by atoms with Gasteiger partial charge in [0.15, 0.2) is 5.13 Å². The van der Waals surface area contributed by atoms with Crippen molar-refractivity contribution in [2.24, 2.45) is 0 Å². The summed E-state index contributed by atoms with van der Waals surface area (Å²) in [5.74, 6) is 0.0872. The smallest absolute Gasteiger partial charge is 0.254 e. The lowest BCUT2D eigenvalue weighted by Gasteiger charge is -2.21. The third kappa shape index (κ3) is 3.35. The van der Waals surface area contributed by atoms with Crippen LogP contribution in [0.15, 0.2) is 42.7 Å². The molecule has 1 aliphatic heterocycles. The third-order valence-corrected chi connectivity index (χ3v) is 5.59. The van der Waals surface area contributed by atoms with Crippen LogP contribution in [0.4, 0.5) is 5.13 Å². The van der Waals surface area contributed by atoms with Crippen LogP contribution in [0.3, 0.4) is 0 Å². The first kappa shape index (κ1) is 16.0. The van der Waals surface area contributed by atoms with E-state index in [0.29, 0.717) is 5.56 Å². The van der Waals surface area contributed by atoms with Crippen molar-refractivity contribution in [1.82, 2.24) is 14.9 Å². The molecule has 6 heteroatoms. The molecule has 25 heavy (non-hydrogen) atoms. The average Bonchev–Trinajstić information content (AvgIpc) is 2.89. The van der Waals surface area contributed by atoms with Crippen LogP contribution in [0.2, 0.25) is 0 Å². The highest BCUT2D eigenvalue weighted by atomic mass is 32.1. The molecule has 0 spiro atoms. The molecule has 1 aromatic carbocycles. The molecule has 0 N–H and O–H groups in total. The minimum absolute atomic E-state index is 0.0872. The summed E-state index contributed by atoms with van der Waals surface area (Å²) in [4.78, 5) is 25.6. The Labute approximate surface area is 150 Å². The molecular formula is C19H20N4OS. The highest BCUT2D eigenvalue weighted by Gasteiger charge is 2.22. The molecule has 128 valence electrons. The zero-order valence-corrected chi connectivity index (χ0v) is 15.0. The van der Waals surface area contributed by atoms with Crippen molar-refractivity contribution in [3.8, 4) is 0 Å². The van der Waals surface area contributed by atoms with Crippen LogP contribution in [-0.4, -0.2) is 47.0 Å². The van der Waals surface area contributed by atoms with Crippen molar-refractivity contribution < 1.29 is 4.79 Å². The van der Waals surface area contributed by atoms with Gasteiger partial charge in [-0.15, -0.1) is 0 Å². The average molecular weight is 352 g/mol. The summed E-state index contributed by atoms with van der Waals surface area (Å²) < 4.78 is 1.23. The summed E-state index contributed by atoms with van der Waals surface area (Å²) in [5.41, 5.74) is 3.02. The standard InChI is InChI=1S/C19H20N4OS/c1-14-3-4-16-17(13-14)25-19(21-16)23-10-2-9-22(11-12-23)18(24)15-5-7-20-8-6-15/h3-8,13H,2,9-12H2,1H3. The molecule has 0 saturated carbocycles. The van der Waals surface area contributed by atoms with Crippen molar-refractivity contribution in [2.75, 3.05) is 31.1 Å². The number of aromatic nitrogens is 2. The quantitative estimate of drug-likeness (QED) is 0.710. The number of anilines is 1. The van der Waals surface area contributed by atoms with Gasteiger partial charge in [-0.2, -0.15) is 0 Å². The van der Waals surface area contributed by atoms with E-state index in [-0.39, 0.29) is 5.91 Å². The predicted octanol–water partition coefficient (Wildman–Crippen LogP) is 3.35. The molecule has 3 aromatic rings. The van der Waals surface area contributed by atoms with Gasteiger partial charge in [0.25, 0.3) is 5.91 Å². The fraction of sp³-hybridized carbons (Fsp3) is 0.316. The highest BCUT2D eigenvalue weighted by Crippen LogP contribution is 2.30. The van der Waals surface area contributed by atoms with Gasteiger partial charge >= 0.3 is 0 Å². The third-order valence-electron chi connectivity index (χ3n) is 4.51. The van der Waals surface area contributed by atoms with E-state index in [1.165, 1.54) is 10.3 Å². The molecule has 0 aliphatic carbocycles. The zero-order valence-electron chi connectivity index (χ0n) is 14.2. The van der Waals surface area contributed by atoms with E-state index < -0.39 is 0 Å². The van der Waals surface area contributed by atoms with Crippen molar-refractivity contribution in [1.29, 1.82) is 0 Å². The van der Waals surface area contributed by atoms with E-state index in [1.54, 1.807) is 35.9 Å². The lowest BCUT2D eigenvalue weighted by Crippen LogP contribution is -2.35. The number of amides is 1. The summed E-state index contributed by atoms with van der Waals surface area (Å²) in [6.07, 6.45) is 4.28. The highest BCUT2D eigenvalue weighted by molar-refractivity contribution is 7.22. The first-order valence-corrected chi connectivity index (χ1v) is 9.34. The summed E-state index contributed by atoms with van der Waals surface area (Å²) in [6, 6.07) is 9.93. The number of pyridine rings is 1. The number of thiazole rings is 1. The predicted molar refractivity (Wildman–Crippen MR) is 101 cm³/mol. The van der Waals surface area contributed by atoms with E-state index in [1.807, 2.05) is 4.90 Å². The first-order valence-electron chi connectivity index (χ1n) is 8.52. The fourth-order valence-corrected chi connectivity index (χ4v) is 4.26. The minimum atomic E-state index is 0.0872. The van der Waals surface area contributed by atoms with Gasteiger partial charge in [-0.3, -0.25) is 9.78 Å². The number of aryl methyl sites for hydroxylation is 1. The van der Waals surface area contributed by atoms with Crippen molar-refractivity contribution in [2.45, 2.75) is 13.3 Å². The summed E-state index contributed by atoms with van der Waals surface area (Å²) in [5, 5.41) is 1.05. The molecule has 1 fully saturated rings. The molecule has 0 bridgehead atoms. The topological polar surface area (TPSA) is 49.3 Å². The lowest BCUT2D eigenvalue weighted by molar-refractivity contribution is 0.0767. The second-order valence-electron chi connectivity index (χ2n) is 6.34.